The summed E-state index contributed by atoms with van der Waals surface area (Å²) in [5.74, 6) is 1.59. The fourth-order valence-corrected chi connectivity index (χ4v) is 2.29. The van der Waals surface area contributed by atoms with E-state index in [2.05, 4.69) is 14.9 Å². The third-order valence-corrected chi connectivity index (χ3v) is 3.59. The number of H-pyrrole nitrogens is 1. The maximum absolute atomic E-state index is 11.6. The number of nitrogens with one attached hydrogen (secondary N) is 1. The normalized spacial score (nSPS) is 17.4. The molecule has 5 nitrogen and oxygen atoms in total. The molecule has 0 amide bonds. The average molecular weight is 250 g/mol. The van der Waals surface area contributed by atoms with Crippen molar-refractivity contribution in [3.63, 3.8) is 0 Å². The lowest BCUT2D eigenvalue weighted by molar-refractivity contribution is 0.411. The molecule has 0 spiro atoms. The smallest absolute Gasteiger partial charge is 0.252 e. The molecule has 0 aromatic carbocycles. The molecule has 1 aliphatic rings. The number of aromatic nitrogens is 2. The van der Waals surface area contributed by atoms with E-state index < -0.39 is 0 Å². The molecule has 0 aliphatic carbocycles. The Labute approximate surface area is 107 Å². The summed E-state index contributed by atoms with van der Waals surface area (Å²) >= 11 is 0. The molecule has 0 atom stereocenters. The van der Waals surface area contributed by atoms with Crippen molar-refractivity contribution in [1.82, 2.24) is 9.97 Å². The highest BCUT2D eigenvalue weighted by atomic mass is 16.1. The predicted molar refractivity (Wildman–Crippen MR) is 72.9 cm³/mol. The van der Waals surface area contributed by atoms with Gasteiger partial charge in [0.2, 0.25) is 5.95 Å². The predicted octanol–water partition coefficient (Wildman–Crippen LogP) is 1.07. The summed E-state index contributed by atoms with van der Waals surface area (Å²) in [6, 6.07) is 1.58. The highest BCUT2D eigenvalue weighted by Crippen LogP contribution is 2.20. The summed E-state index contributed by atoms with van der Waals surface area (Å²) in [5.41, 5.74) is 6.47. The van der Waals surface area contributed by atoms with E-state index in [0.29, 0.717) is 11.9 Å². The third kappa shape index (κ3) is 2.90. The number of hydrogen-bond donors (Lipinski definition) is 2. The first-order chi connectivity index (χ1) is 8.60. The Hall–Kier alpha value is -1.36. The number of nitrogens with zero attached hydrogens (tertiary/aromatic N) is 2. The van der Waals surface area contributed by atoms with Crippen LogP contribution in [0.15, 0.2) is 10.9 Å². The molecule has 1 saturated heterocycles. The maximum Gasteiger partial charge on any atom is 0.252 e. The lowest BCUT2D eigenvalue weighted by Gasteiger charge is -2.31. The van der Waals surface area contributed by atoms with Crippen LogP contribution in [0.1, 0.15) is 38.3 Å². The lowest BCUT2D eigenvalue weighted by Crippen LogP contribution is -2.38. The summed E-state index contributed by atoms with van der Waals surface area (Å²) in [4.78, 5) is 21.2. The summed E-state index contributed by atoms with van der Waals surface area (Å²) in [7, 11) is 0. The van der Waals surface area contributed by atoms with Crippen LogP contribution in [0.5, 0.6) is 0 Å². The summed E-state index contributed by atoms with van der Waals surface area (Å²) in [6.07, 6.45) is 2.15. The van der Waals surface area contributed by atoms with Crippen molar-refractivity contribution in [3.05, 3.63) is 22.1 Å². The Kier molecular flexibility index (Phi) is 4.01. The SMILES string of the molecule is CC(C)c1cc(=O)[nH]c(N2CCC(CN)CC2)n1. The van der Waals surface area contributed by atoms with Gasteiger partial charge in [-0.15, -0.1) is 0 Å². The monoisotopic (exact) mass is 250 g/mol. The quantitative estimate of drug-likeness (QED) is 0.841. The largest absolute Gasteiger partial charge is 0.342 e. The molecule has 2 heterocycles. The molecular weight excluding hydrogens is 228 g/mol. The third-order valence-electron chi connectivity index (χ3n) is 3.59. The molecular formula is C13H22N4O. The van der Waals surface area contributed by atoms with Crippen LogP contribution in [0.25, 0.3) is 0 Å². The first-order valence-electron chi connectivity index (χ1n) is 6.66. The highest BCUT2D eigenvalue weighted by molar-refractivity contribution is 5.31. The molecule has 2 rings (SSSR count). The molecule has 100 valence electrons. The van der Waals surface area contributed by atoms with E-state index in [9.17, 15) is 4.79 Å². The number of hydrogen-bond acceptors (Lipinski definition) is 4. The molecule has 0 radical (unpaired) electrons. The fourth-order valence-electron chi connectivity index (χ4n) is 2.29. The van der Waals surface area contributed by atoms with Crippen molar-refractivity contribution >= 4 is 5.95 Å². The number of anilines is 1. The Balaban J connectivity index is 2.16. The molecule has 1 fully saturated rings. The van der Waals surface area contributed by atoms with Crippen molar-refractivity contribution in [3.8, 4) is 0 Å². The molecule has 5 heteroatoms. The van der Waals surface area contributed by atoms with Crippen LogP contribution in [-0.4, -0.2) is 29.6 Å². The van der Waals surface area contributed by atoms with Crippen LogP contribution >= 0.6 is 0 Å². The van der Waals surface area contributed by atoms with E-state index in [-0.39, 0.29) is 11.5 Å². The van der Waals surface area contributed by atoms with Gasteiger partial charge in [-0.25, -0.2) is 4.98 Å². The minimum atomic E-state index is -0.0651. The molecule has 3 N–H and O–H groups in total. The number of rotatable bonds is 3. The maximum atomic E-state index is 11.6. The summed E-state index contributed by atoms with van der Waals surface area (Å²) in [5, 5.41) is 0. The van der Waals surface area contributed by atoms with Crippen molar-refractivity contribution in [2.75, 3.05) is 24.5 Å². The van der Waals surface area contributed by atoms with Crippen molar-refractivity contribution in [2.24, 2.45) is 11.7 Å². The van der Waals surface area contributed by atoms with Gasteiger partial charge in [0.15, 0.2) is 0 Å². The van der Waals surface area contributed by atoms with Crippen molar-refractivity contribution in [2.45, 2.75) is 32.6 Å². The Bertz CT molecular complexity index is 447. The number of nitrogens with two attached hydrogens (primary N) is 1. The molecule has 0 unspecified atom stereocenters. The Morgan fingerprint density at radius 1 is 1.50 bits per heavy atom. The van der Waals surface area contributed by atoms with E-state index in [1.165, 1.54) is 0 Å². The summed E-state index contributed by atoms with van der Waals surface area (Å²) < 4.78 is 0. The minimum absolute atomic E-state index is 0.0651. The van der Waals surface area contributed by atoms with Gasteiger partial charge in [-0.05, 0) is 31.2 Å². The van der Waals surface area contributed by atoms with E-state index in [1.807, 2.05) is 13.8 Å². The molecule has 1 aromatic rings. The Morgan fingerprint density at radius 2 is 2.17 bits per heavy atom. The van der Waals surface area contributed by atoms with E-state index in [0.717, 1.165) is 38.2 Å². The average Bonchev–Trinajstić information content (AvgIpc) is 2.38. The first kappa shape index (κ1) is 13.1. The van der Waals surface area contributed by atoms with Crippen LogP contribution in [0.4, 0.5) is 5.95 Å². The van der Waals surface area contributed by atoms with Crippen LogP contribution < -0.4 is 16.2 Å². The second-order valence-corrected chi connectivity index (χ2v) is 5.31. The summed E-state index contributed by atoms with van der Waals surface area (Å²) in [6.45, 7) is 6.70. The topological polar surface area (TPSA) is 75.0 Å². The number of aromatic amines is 1. The first-order valence-corrected chi connectivity index (χ1v) is 6.66. The molecule has 0 saturated carbocycles. The van der Waals surface area contributed by atoms with Gasteiger partial charge in [-0.3, -0.25) is 9.78 Å². The van der Waals surface area contributed by atoms with Crippen molar-refractivity contribution < 1.29 is 0 Å². The van der Waals surface area contributed by atoms with Crippen LogP contribution in [0, 0.1) is 5.92 Å². The minimum Gasteiger partial charge on any atom is -0.342 e. The Morgan fingerprint density at radius 3 is 2.72 bits per heavy atom. The van der Waals surface area contributed by atoms with Gasteiger partial charge in [0, 0.05) is 19.2 Å². The second-order valence-electron chi connectivity index (χ2n) is 5.31. The van der Waals surface area contributed by atoms with E-state index in [1.54, 1.807) is 6.07 Å². The second kappa shape index (κ2) is 5.52. The van der Waals surface area contributed by atoms with Gasteiger partial charge in [-0.2, -0.15) is 0 Å². The van der Waals surface area contributed by atoms with Gasteiger partial charge in [0.1, 0.15) is 0 Å². The van der Waals surface area contributed by atoms with Gasteiger partial charge < -0.3 is 10.6 Å². The molecule has 18 heavy (non-hydrogen) atoms. The fraction of sp³-hybridized carbons (Fsp3) is 0.692. The van der Waals surface area contributed by atoms with Gasteiger partial charge in [0.25, 0.3) is 5.56 Å². The van der Waals surface area contributed by atoms with Crippen LogP contribution in [0.3, 0.4) is 0 Å². The van der Waals surface area contributed by atoms with Gasteiger partial charge >= 0.3 is 0 Å². The molecule has 1 aromatic heterocycles. The zero-order chi connectivity index (χ0) is 13.1. The number of piperidine rings is 1. The standard InChI is InChI=1S/C13H22N4O/c1-9(2)11-7-12(18)16-13(15-11)17-5-3-10(8-14)4-6-17/h7,9-10H,3-6,8,14H2,1-2H3,(H,15,16,18). The highest BCUT2D eigenvalue weighted by Gasteiger charge is 2.20. The van der Waals surface area contributed by atoms with Crippen LogP contribution in [-0.2, 0) is 0 Å². The molecule has 0 bridgehead atoms. The zero-order valence-corrected chi connectivity index (χ0v) is 11.1. The zero-order valence-electron chi connectivity index (χ0n) is 11.1. The molecule has 1 aliphatic heterocycles. The lowest BCUT2D eigenvalue weighted by atomic mass is 9.97. The van der Waals surface area contributed by atoms with E-state index >= 15 is 0 Å². The van der Waals surface area contributed by atoms with Gasteiger partial charge in [-0.1, -0.05) is 13.8 Å². The van der Waals surface area contributed by atoms with Gasteiger partial charge in [0.05, 0.1) is 5.69 Å². The van der Waals surface area contributed by atoms with E-state index in [4.69, 9.17) is 5.73 Å². The van der Waals surface area contributed by atoms with Crippen molar-refractivity contribution in [1.29, 1.82) is 0 Å². The van der Waals surface area contributed by atoms with Crippen LogP contribution in [0.2, 0.25) is 0 Å².